The third-order valence-electron chi connectivity index (χ3n) is 4.15. The molecule has 0 aliphatic carbocycles. The summed E-state index contributed by atoms with van der Waals surface area (Å²) in [5, 5.41) is 4.63. The van der Waals surface area contributed by atoms with Gasteiger partial charge in [-0.25, -0.2) is 4.98 Å². The smallest absolute Gasteiger partial charge is 0.230 e. The minimum Gasteiger partial charge on any atom is -0.494 e. The van der Waals surface area contributed by atoms with Crippen LogP contribution in [0.2, 0.25) is 5.02 Å². The summed E-state index contributed by atoms with van der Waals surface area (Å²) in [5.74, 6) is 2.93. The molecule has 1 unspecified atom stereocenters. The molecule has 0 spiro atoms. The number of hydrogen-bond acceptors (Lipinski definition) is 5. The van der Waals surface area contributed by atoms with Gasteiger partial charge in [0.1, 0.15) is 11.6 Å². The standard InChI is InChI=1S/C16H15ClN4O2/c1-22-14-11(3-2-4-12(14)17)15-19-16(23-20-15)10-5-7-21-8-6-18-13(21)9-10/h2-4,6,8,10H,5,7,9H2,1H3. The molecule has 23 heavy (non-hydrogen) atoms. The molecule has 0 saturated heterocycles. The first-order chi connectivity index (χ1) is 11.3. The second-order valence-corrected chi connectivity index (χ2v) is 5.91. The summed E-state index contributed by atoms with van der Waals surface area (Å²) in [6, 6.07) is 5.48. The largest absolute Gasteiger partial charge is 0.494 e. The Morgan fingerprint density at radius 3 is 3.17 bits per heavy atom. The number of imidazole rings is 1. The Labute approximate surface area is 138 Å². The van der Waals surface area contributed by atoms with E-state index in [1.54, 1.807) is 13.2 Å². The van der Waals surface area contributed by atoms with Crippen LogP contribution in [0.4, 0.5) is 0 Å². The van der Waals surface area contributed by atoms with Crippen LogP contribution in [0.1, 0.15) is 24.1 Å². The summed E-state index contributed by atoms with van der Waals surface area (Å²) >= 11 is 6.16. The number of hydrogen-bond donors (Lipinski definition) is 0. The SMILES string of the molecule is COc1c(Cl)cccc1-c1noc(C2CCn3ccnc3C2)n1. The van der Waals surface area contributed by atoms with Crippen molar-refractivity contribution in [3.05, 3.63) is 47.3 Å². The van der Waals surface area contributed by atoms with Gasteiger partial charge in [0.05, 0.1) is 17.7 Å². The molecule has 0 bridgehead atoms. The maximum Gasteiger partial charge on any atom is 0.230 e. The van der Waals surface area contributed by atoms with Crippen LogP contribution in [0.5, 0.6) is 5.75 Å². The fourth-order valence-electron chi connectivity index (χ4n) is 2.96. The molecule has 1 aliphatic rings. The van der Waals surface area contributed by atoms with E-state index < -0.39 is 0 Å². The van der Waals surface area contributed by atoms with E-state index in [1.807, 2.05) is 24.5 Å². The number of halogens is 1. The Morgan fingerprint density at radius 2 is 2.30 bits per heavy atom. The maximum absolute atomic E-state index is 6.16. The monoisotopic (exact) mass is 330 g/mol. The lowest BCUT2D eigenvalue weighted by Crippen LogP contribution is -2.18. The van der Waals surface area contributed by atoms with E-state index in [2.05, 4.69) is 19.7 Å². The molecule has 0 N–H and O–H groups in total. The molecule has 3 heterocycles. The first-order valence-electron chi connectivity index (χ1n) is 7.42. The van der Waals surface area contributed by atoms with Gasteiger partial charge in [0, 0.05) is 31.3 Å². The zero-order chi connectivity index (χ0) is 15.8. The lowest BCUT2D eigenvalue weighted by molar-refractivity contribution is 0.323. The average Bonchev–Trinajstić information content (AvgIpc) is 3.23. The van der Waals surface area contributed by atoms with E-state index >= 15 is 0 Å². The summed E-state index contributed by atoms with van der Waals surface area (Å²) in [5.41, 5.74) is 0.729. The van der Waals surface area contributed by atoms with Gasteiger partial charge in [-0.15, -0.1) is 0 Å². The molecule has 1 aliphatic heterocycles. The van der Waals surface area contributed by atoms with Crippen molar-refractivity contribution in [3.63, 3.8) is 0 Å². The van der Waals surface area contributed by atoms with Crippen LogP contribution >= 0.6 is 11.6 Å². The van der Waals surface area contributed by atoms with Crippen LogP contribution in [0, 0.1) is 0 Å². The Morgan fingerprint density at radius 1 is 1.39 bits per heavy atom. The number of ether oxygens (including phenoxy) is 1. The topological polar surface area (TPSA) is 66.0 Å². The summed E-state index contributed by atoms with van der Waals surface area (Å²) < 4.78 is 13.0. The number of fused-ring (bicyclic) bond motifs is 1. The normalized spacial score (nSPS) is 17.0. The molecule has 3 aromatic rings. The second kappa shape index (κ2) is 5.70. The molecule has 2 aromatic heterocycles. The second-order valence-electron chi connectivity index (χ2n) is 5.50. The highest BCUT2D eigenvalue weighted by Gasteiger charge is 2.26. The third-order valence-corrected chi connectivity index (χ3v) is 4.45. The predicted molar refractivity (Wildman–Crippen MR) is 84.6 cm³/mol. The van der Waals surface area contributed by atoms with Crippen molar-refractivity contribution >= 4 is 11.6 Å². The maximum atomic E-state index is 6.16. The molecule has 0 saturated carbocycles. The number of methoxy groups -OCH3 is 1. The predicted octanol–water partition coefficient (Wildman–Crippen LogP) is 3.33. The Bertz CT molecular complexity index is 842. The molecule has 6 nitrogen and oxygen atoms in total. The molecular weight excluding hydrogens is 316 g/mol. The Kier molecular flexibility index (Phi) is 3.53. The van der Waals surface area contributed by atoms with Gasteiger partial charge in [-0.3, -0.25) is 0 Å². The third kappa shape index (κ3) is 2.49. The van der Waals surface area contributed by atoms with Crippen LogP contribution in [-0.4, -0.2) is 26.8 Å². The Hall–Kier alpha value is -2.34. The van der Waals surface area contributed by atoms with E-state index in [1.165, 1.54) is 0 Å². The van der Waals surface area contributed by atoms with E-state index in [9.17, 15) is 0 Å². The van der Waals surface area contributed by atoms with E-state index in [-0.39, 0.29) is 5.92 Å². The number of para-hydroxylation sites is 1. The Balaban J connectivity index is 1.64. The van der Waals surface area contributed by atoms with Gasteiger partial charge in [-0.05, 0) is 18.6 Å². The van der Waals surface area contributed by atoms with Crippen molar-refractivity contribution in [3.8, 4) is 17.1 Å². The number of benzene rings is 1. The van der Waals surface area contributed by atoms with Crippen LogP contribution in [0.25, 0.3) is 11.4 Å². The van der Waals surface area contributed by atoms with E-state index in [0.717, 1.165) is 30.8 Å². The highest BCUT2D eigenvalue weighted by Crippen LogP contribution is 2.36. The van der Waals surface area contributed by atoms with Gasteiger partial charge < -0.3 is 13.8 Å². The molecular formula is C16H15ClN4O2. The molecule has 1 atom stereocenters. The lowest BCUT2D eigenvalue weighted by atomic mass is 9.98. The zero-order valence-electron chi connectivity index (χ0n) is 12.6. The van der Waals surface area contributed by atoms with Crippen molar-refractivity contribution in [2.75, 3.05) is 7.11 Å². The molecule has 4 rings (SSSR count). The van der Waals surface area contributed by atoms with E-state index in [4.69, 9.17) is 20.9 Å². The van der Waals surface area contributed by atoms with Gasteiger partial charge in [-0.1, -0.05) is 22.8 Å². The summed E-state index contributed by atoms with van der Waals surface area (Å²) in [6.07, 6.45) is 5.59. The highest BCUT2D eigenvalue weighted by molar-refractivity contribution is 6.32. The molecule has 0 amide bonds. The lowest BCUT2D eigenvalue weighted by Gasteiger charge is -2.19. The molecule has 0 fully saturated rings. The molecule has 118 valence electrons. The minimum atomic E-state index is 0.191. The highest BCUT2D eigenvalue weighted by atomic mass is 35.5. The van der Waals surface area contributed by atoms with Gasteiger partial charge in [0.2, 0.25) is 11.7 Å². The quantitative estimate of drug-likeness (QED) is 0.737. The van der Waals surface area contributed by atoms with Gasteiger partial charge in [-0.2, -0.15) is 4.98 Å². The number of rotatable bonds is 3. The van der Waals surface area contributed by atoms with Crippen molar-refractivity contribution < 1.29 is 9.26 Å². The van der Waals surface area contributed by atoms with Crippen LogP contribution in [-0.2, 0) is 13.0 Å². The summed E-state index contributed by atoms with van der Waals surface area (Å²) in [4.78, 5) is 8.93. The minimum absolute atomic E-state index is 0.191. The summed E-state index contributed by atoms with van der Waals surface area (Å²) in [7, 11) is 1.58. The average molecular weight is 331 g/mol. The van der Waals surface area contributed by atoms with Gasteiger partial charge in [0.15, 0.2) is 0 Å². The van der Waals surface area contributed by atoms with Crippen molar-refractivity contribution in [2.45, 2.75) is 25.3 Å². The van der Waals surface area contributed by atoms with Crippen LogP contribution < -0.4 is 4.74 Å². The van der Waals surface area contributed by atoms with Crippen molar-refractivity contribution in [1.82, 2.24) is 19.7 Å². The molecule has 0 radical (unpaired) electrons. The first kappa shape index (κ1) is 14.3. The van der Waals surface area contributed by atoms with E-state index in [0.29, 0.717) is 22.5 Å². The van der Waals surface area contributed by atoms with Gasteiger partial charge in [0.25, 0.3) is 0 Å². The van der Waals surface area contributed by atoms with Crippen LogP contribution in [0.3, 0.4) is 0 Å². The van der Waals surface area contributed by atoms with Crippen molar-refractivity contribution in [2.24, 2.45) is 0 Å². The summed E-state index contributed by atoms with van der Waals surface area (Å²) in [6.45, 7) is 0.915. The number of nitrogens with zero attached hydrogens (tertiary/aromatic N) is 4. The fraction of sp³-hybridized carbons (Fsp3) is 0.312. The number of aromatic nitrogens is 4. The van der Waals surface area contributed by atoms with Crippen molar-refractivity contribution in [1.29, 1.82) is 0 Å². The fourth-order valence-corrected chi connectivity index (χ4v) is 3.22. The molecule has 1 aromatic carbocycles. The molecule has 7 heteroatoms. The van der Waals surface area contributed by atoms with Gasteiger partial charge >= 0.3 is 0 Å². The first-order valence-corrected chi connectivity index (χ1v) is 7.80. The number of aryl methyl sites for hydroxylation is 1. The van der Waals surface area contributed by atoms with Crippen LogP contribution in [0.15, 0.2) is 35.1 Å². The zero-order valence-corrected chi connectivity index (χ0v) is 13.3.